The van der Waals surface area contributed by atoms with Gasteiger partial charge in [0.25, 0.3) is 0 Å². The normalized spacial score (nSPS) is 20.7. The highest BCUT2D eigenvalue weighted by atomic mass is 35.5. The third kappa shape index (κ3) is 2.34. The predicted molar refractivity (Wildman–Crippen MR) is 59.0 cm³/mol. The van der Waals surface area contributed by atoms with Crippen molar-refractivity contribution in [1.82, 2.24) is 9.88 Å². The van der Waals surface area contributed by atoms with Crippen LogP contribution in [0.5, 0.6) is 0 Å². The van der Waals surface area contributed by atoms with Crippen molar-refractivity contribution in [3.8, 4) is 0 Å². The van der Waals surface area contributed by atoms with Crippen LogP contribution in [0, 0.1) is 6.92 Å². The van der Waals surface area contributed by atoms with E-state index < -0.39 is 14.4 Å². The second-order valence-corrected chi connectivity index (χ2v) is 7.17. The van der Waals surface area contributed by atoms with E-state index in [2.05, 4.69) is 14.4 Å². The highest BCUT2D eigenvalue weighted by Crippen LogP contribution is 2.42. The lowest BCUT2D eigenvalue weighted by Gasteiger charge is -2.37. The predicted octanol–water partition coefficient (Wildman–Crippen LogP) is 1.60. The minimum absolute atomic E-state index is 0.0501. The number of nitrogens with zero attached hydrogens (tertiary/aromatic N) is 1. The first-order valence-corrected chi connectivity index (χ1v) is 6.85. The van der Waals surface area contributed by atoms with Crippen LogP contribution < -0.4 is 4.72 Å². The third-order valence-corrected chi connectivity index (χ3v) is 4.64. The molecule has 2 rings (SSSR count). The Labute approximate surface area is 103 Å². The van der Waals surface area contributed by atoms with Gasteiger partial charge in [0.2, 0.25) is 10.0 Å². The van der Waals surface area contributed by atoms with Gasteiger partial charge in [0, 0.05) is 6.04 Å². The molecule has 1 fully saturated rings. The van der Waals surface area contributed by atoms with Crippen LogP contribution in [0.4, 0.5) is 0 Å². The zero-order valence-corrected chi connectivity index (χ0v) is 10.7. The number of nitrogens with one attached hydrogen (secondary N) is 1. The zero-order chi connectivity index (χ0) is 12.0. The lowest BCUT2D eigenvalue weighted by molar-refractivity contribution is 0.358. The molecule has 0 radical (unpaired) electrons. The summed E-state index contributed by atoms with van der Waals surface area (Å²) in [6.07, 6.45) is 1.91. The van der Waals surface area contributed by atoms with Gasteiger partial charge in [-0.15, -0.1) is 23.2 Å². The molecule has 0 aliphatic heterocycles. The van der Waals surface area contributed by atoms with Crippen molar-refractivity contribution in [3.05, 3.63) is 12.0 Å². The van der Waals surface area contributed by atoms with Crippen molar-refractivity contribution in [2.45, 2.75) is 35.0 Å². The van der Waals surface area contributed by atoms with Gasteiger partial charge in [-0.2, -0.15) is 0 Å². The van der Waals surface area contributed by atoms with Gasteiger partial charge in [-0.1, -0.05) is 5.16 Å². The molecule has 0 bridgehead atoms. The minimum Gasteiger partial charge on any atom is -0.363 e. The van der Waals surface area contributed by atoms with Crippen LogP contribution in [-0.4, -0.2) is 23.9 Å². The van der Waals surface area contributed by atoms with Gasteiger partial charge in [0.15, 0.2) is 0 Å². The quantitative estimate of drug-likeness (QED) is 0.856. The molecule has 1 aromatic heterocycles. The summed E-state index contributed by atoms with van der Waals surface area (Å²) in [5.74, 6) is 0. The van der Waals surface area contributed by atoms with Gasteiger partial charge in [0.1, 0.15) is 21.2 Å². The van der Waals surface area contributed by atoms with Crippen LogP contribution in [-0.2, 0) is 10.0 Å². The molecule has 0 atom stereocenters. The maximum atomic E-state index is 11.8. The molecule has 1 aliphatic carbocycles. The van der Waals surface area contributed by atoms with Crippen molar-refractivity contribution >= 4 is 33.2 Å². The first-order valence-electron chi connectivity index (χ1n) is 4.61. The van der Waals surface area contributed by atoms with Gasteiger partial charge in [-0.25, -0.2) is 13.1 Å². The maximum absolute atomic E-state index is 11.8. The monoisotopic (exact) mass is 284 g/mol. The zero-order valence-electron chi connectivity index (χ0n) is 8.41. The van der Waals surface area contributed by atoms with Crippen LogP contribution in [0.15, 0.2) is 15.7 Å². The second kappa shape index (κ2) is 3.87. The molecule has 1 aromatic rings. The molecule has 1 aliphatic rings. The third-order valence-electron chi connectivity index (χ3n) is 2.41. The van der Waals surface area contributed by atoms with Gasteiger partial charge in [0.05, 0.1) is 0 Å². The molecule has 0 unspecified atom stereocenters. The van der Waals surface area contributed by atoms with Crippen molar-refractivity contribution in [2.24, 2.45) is 0 Å². The molecule has 1 saturated carbocycles. The molecule has 1 N–H and O–H groups in total. The van der Waals surface area contributed by atoms with E-state index in [1.807, 2.05) is 0 Å². The Bertz CT molecular complexity index is 489. The van der Waals surface area contributed by atoms with Crippen LogP contribution >= 0.6 is 23.2 Å². The summed E-state index contributed by atoms with van der Waals surface area (Å²) in [5, 5.41) is 3.52. The molecular weight excluding hydrogens is 275 g/mol. The van der Waals surface area contributed by atoms with Gasteiger partial charge in [-0.3, -0.25) is 0 Å². The summed E-state index contributed by atoms with van der Waals surface area (Å²) in [6, 6.07) is -0.228. The number of alkyl halides is 2. The molecule has 1 heterocycles. The maximum Gasteiger partial charge on any atom is 0.245 e. The smallest absolute Gasteiger partial charge is 0.245 e. The average molecular weight is 285 g/mol. The first kappa shape index (κ1) is 12.2. The highest BCUT2D eigenvalue weighted by molar-refractivity contribution is 7.89. The van der Waals surface area contributed by atoms with Gasteiger partial charge < -0.3 is 4.52 Å². The summed E-state index contributed by atoms with van der Waals surface area (Å²) in [4.78, 5) is 0.0501. The van der Waals surface area contributed by atoms with Crippen LogP contribution in [0.1, 0.15) is 18.5 Å². The summed E-state index contributed by atoms with van der Waals surface area (Å²) in [6.45, 7) is 1.56. The number of sulfonamides is 1. The molecule has 8 heteroatoms. The molecule has 5 nitrogen and oxygen atoms in total. The molecule has 0 amide bonds. The SMILES string of the molecule is Cc1nocc1S(=O)(=O)NC1CC(Cl)(Cl)C1. The fourth-order valence-corrected chi connectivity index (χ4v) is 3.64. The first-order chi connectivity index (χ1) is 7.30. The molecular formula is C8H10Cl2N2O3S. The van der Waals surface area contributed by atoms with E-state index in [0.717, 1.165) is 6.26 Å². The minimum atomic E-state index is -3.58. The average Bonchev–Trinajstić information content (AvgIpc) is 2.47. The van der Waals surface area contributed by atoms with Gasteiger partial charge in [-0.05, 0) is 19.8 Å². The Kier molecular flexibility index (Phi) is 2.94. The number of aromatic nitrogens is 1. The van der Waals surface area contributed by atoms with Crippen LogP contribution in [0.3, 0.4) is 0 Å². The Morgan fingerprint density at radius 3 is 2.62 bits per heavy atom. The van der Waals surface area contributed by atoms with E-state index in [0.29, 0.717) is 18.5 Å². The van der Waals surface area contributed by atoms with Crippen LogP contribution in [0.25, 0.3) is 0 Å². The van der Waals surface area contributed by atoms with E-state index in [1.165, 1.54) is 0 Å². The van der Waals surface area contributed by atoms with Crippen molar-refractivity contribution in [2.75, 3.05) is 0 Å². The Hall–Kier alpha value is -0.300. The van der Waals surface area contributed by atoms with Crippen molar-refractivity contribution < 1.29 is 12.9 Å². The Morgan fingerprint density at radius 2 is 2.19 bits per heavy atom. The summed E-state index contributed by atoms with van der Waals surface area (Å²) < 4.78 is 29.9. The largest absolute Gasteiger partial charge is 0.363 e. The lowest BCUT2D eigenvalue weighted by atomic mass is 9.93. The molecule has 0 saturated heterocycles. The van der Waals surface area contributed by atoms with Crippen molar-refractivity contribution in [3.63, 3.8) is 0 Å². The van der Waals surface area contributed by atoms with E-state index >= 15 is 0 Å². The van der Waals surface area contributed by atoms with Crippen molar-refractivity contribution in [1.29, 1.82) is 0 Å². The molecule has 16 heavy (non-hydrogen) atoms. The van der Waals surface area contributed by atoms with E-state index in [4.69, 9.17) is 23.2 Å². The molecule has 90 valence electrons. The second-order valence-electron chi connectivity index (χ2n) is 3.85. The van der Waals surface area contributed by atoms with E-state index in [9.17, 15) is 8.42 Å². The summed E-state index contributed by atoms with van der Waals surface area (Å²) in [7, 11) is -3.58. The number of hydrogen-bond donors (Lipinski definition) is 1. The van der Waals surface area contributed by atoms with E-state index in [-0.39, 0.29) is 10.9 Å². The summed E-state index contributed by atoms with van der Waals surface area (Å²) in [5.41, 5.74) is 0.329. The lowest BCUT2D eigenvalue weighted by Crippen LogP contribution is -2.49. The molecule has 0 aromatic carbocycles. The highest BCUT2D eigenvalue weighted by Gasteiger charge is 2.43. The summed E-state index contributed by atoms with van der Waals surface area (Å²) >= 11 is 11.6. The fourth-order valence-electron chi connectivity index (χ4n) is 1.57. The fraction of sp³-hybridized carbons (Fsp3) is 0.625. The number of halogens is 2. The Morgan fingerprint density at radius 1 is 1.56 bits per heavy atom. The Balaban J connectivity index is 2.08. The van der Waals surface area contributed by atoms with E-state index in [1.54, 1.807) is 6.92 Å². The molecule has 0 spiro atoms. The number of aryl methyl sites for hydroxylation is 1. The number of hydrogen-bond acceptors (Lipinski definition) is 4. The standard InChI is InChI=1S/C8H10Cl2N2O3S/c1-5-7(4-15-11-5)16(13,14)12-6-2-8(9,10)3-6/h4,6,12H,2-3H2,1H3. The topological polar surface area (TPSA) is 72.2 Å². The number of rotatable bonds is 3. The van der Waals surface area contributed by atoms with Crippen LogP contribution in [0.2, 0.25) is 0 Å². The van der Waals surface area contributed by atoms with Gasteiger partial charge >= 0.3 is 0 Å².